The number of rotatable bonds is 5. The van der Waals surface area contributed by atoms with Gasteiger partial charge in [-0.2, -0.15) is 4.98 Å². The molecule has 2 aromatic heterocycles. The number of halogens is 2. The van der Waals surface area contributed by atoms with Gasteiger partial charge < -0.3 is 25.2 Å². The molecule has 4 heterocycles. The molecule has 3 N–H and O–H groups in total. The van der Waals surface area contributed by atoms with Crippen LogP contribution >= 0.6 is 23.2 Å². The summed E-state index contributed by atoms with van der Waals surface area (Å²) in [5.41, 5.74) is 0.944. The maximum absolute atomic E-state index is 12.6. The van der Waals surface area contributed by atoms with Crippen LogP contribution in [-0.2, 0) is 0 Å². The van der Waals surface area contributed by atoms with Crippen LogP contribution in [0.2, 0.25) is 10.0 Å². The number of amides is 1. The fourth-order valence-electron chi connectivity index (χ4n) is 4.63. The van der Waals surface area contributed by atoms with E-state index in [9.17, 15) is 14.7 Å². The molecule has 2 saturated heterocycles. The molecule has 0 aromatic carbocycles. The number of fused-ring (bicyclic) bond motifs is 1. The van der Waals surface area contributed by atoms with Crippen LogP contribution in [0.4, 0.5) is 11.8 Å². The van der Waals surface area contributed by atoms with Gasteiger partial charge in [0, 0.05) is 55.8 Å². The Bertz CT molecular complexity index is 1060. The monoisotopic (exact) mass is 472 g/mol. The number of hydrogen-bond donors (Lipinski definition) is 3. The molecule has 1 saturated carbocycles. The number of carboxylic acid groups (broad SMARTS) is 1. The topological polar surface area (TPSA) is 114 Å². The summed E-state index contributed by atoms with van der Waals surface area (Å²) in [6.45, 7) is 4.84. The van der Waals surface area contributed by atoms with Gasteiger partial charge in [-0.1, -0.05) is 23.2 Å². The number of hydrogen-bond acceptors (Lipinski definition) is 6. The summed E-state index contributed by atoms with van der Waals surface area (Å²) in [5.74, 6) is 0.348. The number of carbonyl (C=O) groups is 2. The van der Waals surface area contributed by atoms with Gasteiger partial charge in [0.25, 0.3) is 5.91 Å². The Kier molecular flexibility index (Phi) is 6.38. The number of aromatic amines is 1. The summed E-state index contributed by atoms with van der Waals surface area (Å²) in [6, 6.07) is 1.59. The summed E-state index contributed by atoms with van der Waals surface area (Å²) >= 11 is 12.2. The summed E-state index contributed by atoms with van der Waals surface area (Å²) in [7, 11) is 0. The fourth-order valence-corrected chi connectivity index (χ4v) is 5.05. The second-order valence-electron chi connectivity index (χ2n) is 8.40. The number of carbonyl (C=O) groups excluding carboxylic acids is 1. The molecule has 1 unspecified atom stereocenters. The standard InChI is InChI=1S/C20H22Cl2N6O3.Li.H/c1-9-14(21)15(22)17(23-9)18(29)26-16-10-7-28(8-11(10)16)13-6-12(19(30)31)24-20(25-13)27-4-2-3-5-27;;/h6,10-11,16,23H,2-5,7-8H2,1H3,(H,26,29)(H,30,31);;/t10-,11+,16?;;. The maximum atomic E-state index is 12.6. The quantitative estimate of drug-likeness (QED) is 0.569. The zero-order valence-electron chi connectivity index (χ0n) is 16.9. The average molecular weight is 473 g/mol. The number of aromatic nitrogens is 3. The normalized spacial score (nSPS) is 23.7. The van der Waals surface area contributed by atoms with Gasteiger partial charge in [0.15, 0.2) is 5.69 Å². The minimum absolute atomic E-state index is 0. The Morgan fingerprint density at radius 2 is 1.78 bits per heavy atom. The van der Waals surface area contributed by atoms with Crippen LogP contribution in [0.15, 0.2) is 6.07 Å². The van der Waals surface area contributed by atoms with Crippen LogP contribution < -0.4 is 15.1 Å². The fraction of sp³-hybridized carbons (Fsp3) is 0.500. The molecule has 0 spiro atoms. The third-order valence-corrected chi connectivity index (χ3v) is 7.35. The second-order valence-corrected chi connectivity index (χ2v) is 9.15. The predicted octanol–water partition coefficient (Wildman–Crippen LogP) is 1.93. The van der Waals surface area contributed by atoms with E-state index in [1.807, 2.05) is 4.90 Å². The van der Waals surface area contributed by atoms with Crippen molar-refractivity contribution < 1.29 is 14.7 Å². The number of carboxylic acids is 1. The predicted molar refractivity (Wildman–Crippen MR) is 124 cm³/mol. The molecule has 32 heavy (non-hydrogen) atoms. The molecule has 3 aliphatic rings. The number of aromatic carboxylic acids is 1. The summed E-state index contributed by atoms with van der Waals surface area (Å²) in [4.78, 5) is 40.1. The van der Waals surface area contributed by atoms with E-state index in [0.717, 1.165) is 25.9 Å². The van der Waals surface area contributed by atoms with E-state index in [0.29, 0.717) is 35.6 Å². The van der Waals surface area contributed by atoms with Gasteiger partial charge in [-0.15, -0.1) is 0 Å². The molecule has 12 heteroatoms. The van der Waals surface area contributed by atoms with E-state index < -0.39 is 5.97 Å². The summed E-state index contributed by atoms with van der Waals surface area (Å²) in [6.07, 6.45) is 2.11. The molecular formula is C20H23Cl2LiN6O3. The molecule has 0 bridgehead atoms. The molecule has 3 atom stereocenters. The van der Waals surface area contributed by atoms with E-state index in [-0.39, 0.29) is 59.1 Å². The van der Waals surface area contributed by atoms with Crippen molar-refractivity contribution in [3.8, 4) is 0 Å². The number of nitrogens with zero attached hydrogens (tertiary/aromatic N) is 4. The molecule has 166 valence electrons. The molecule has 0 radical (unpaired) electrons. The summed E-state index contributed by atoms with van der Waals surface area (Å²) in [5, 5.41) is 13.1. The molecule has 2 aliphatic heterocycles. The van der Waals surface area contributed by atoms with Gasteiger partial charge in [0.2, 0.25) is 5.95 Å². The van der Waals surface area contributed by atoms with Crippen molar-refractivity contribution >= 4 is 65.7 Å². The zero-order valence-corrected chi connectivity index (χ0v) is 18.4. The first-order valence-electron chi connectivity index (χ1n) is 10.3. The van der Waals surface area contributed by atoms with E-state index in [1.54, 1.807) is 6.92 Å². The minimum atomic E-state index is -1.06. The van der Waals surface area contributed by atoms with Crippen molar-refractivity contribution in [1.29, 1.82) is 0 Å². The van der Waals surface area contributed by atoms with E-state index in [2.05, 4.69) is 25.2 Å². The number of anilines is 2. The number of piperidine rings is 1. The molecule has 9 nitrogen and oxygen atoms in total. The van der Waals surface area contributed by atoms with Crippen molar-refractivity contribution in [3.05, 3.63) is 33.2 Å². The van der Waals surface area contributed by atoms with E-state index >= 15 is 0 Å². The van der Waals surface area contributed by atoms with Crippen LogP contribution in [0.3, 0.4) is 0 Å². The van der Waals surface area contributed by atoms with Crippen molar-refractivity contribution in [3.63, 3.8) is 0 Å². The Hall–Kier alpha value is -1.92. The van der Waals surface area contributed by atoms with Gasteiger partial charge in [0.05, 0.1) is 10.0 Å². The molecule has 5 rings (SSSR count). The van der Waals surface area contributed by atoms with Crippen LogP contribution in [0.25, 0.3) is 0 Å². The Morgan fingerprint density at radius 3 is 2.34 bits per heavy atom. The average Bonchev–Trinajstić information content (AvgIpc) is 3.21. The first kappa shape index (κ1) is 23.2. The number of aryl methyl sites for hydroxylation is 1. The zero-order chi connectivity index (χ0) is 21.9. The number of H-pyrrole nitrogens is 1. The van der Waals surface area contributed by atoms with Gasteiger partial charge in [-0.25, -0.2) is 9.78 Å². The SMILES string of the molecule is Cc1[nH]c(C(=O)NC2[C@H]3CN(c4cc(C(=O)O)nc(N5CCCC5)n4)C[C@@H]23)c(Cl)c1Cl.[LiH]. The van der Waals surface area contributed by atoms with Crippen molar-refractivity contribution in [2.24, 2.45) is 11.8 Å². The van der Waals surface area contributed by atoms with Gasteiger partial charge >= 0.3 is 24.8 Å². The molecule has 1 amide bonds. The number of nitrogens with one attached hydrogen (secondary N) is 2. The van der Waals surface area contributed by atoms with Gasteiger partial charge in [-0.05, 0) is 19.8 Å². The van der Waals surface area contributed by atoms with E-state index in [4.69, 9.17) is 23.2 Å². The van der Waals surface area contributed by atoms with Gasteiger partial charge in [-0.3, -0.25) is 4.79 Å². The summed E-state index contributed by atoms with van der Waals surface area (Å²) < 4.78 is 0. The van der Waals surface area contributed by atoms with Crippen LogP contribution in [-0.4, -0.2) is 83.0 Å². The molecule has 3 fully saturated rings. The van der Waals surface area contributed by atoms with Crippen LogP contribution in [0.5, 0.6) is 0 Å². The Morgan fingerprint density at radius 1 is 1.12 bits per heavy atom. The third kappa shape index (κ3) is 4.07. The van der Waals surface area contributed by atoms with E-state index in [1.165, 1.54) is 6.07 Å². The van der Waals surface area contributed by atoms with Crippen molar-refractivity contribution in [2.45, 2.75) is 25.8 Å². The van der Waals surface area contributed by atoms with Crippen LogP contribution in [0.1, 0.15) is 39.5 Å². The third-order valence-electron chi connectivity index (χ3n) is 6.41. The molecule has 2 aromatic rings. The first-order valence-corrected chi connectivity index (χ1v) is 11.1. The van der Waals surface area contributed by atoms with Crippen molar-refractivity contribution in [2.75, 3.05) is 36.0 Å². The van der Waals surface area contributed by atoms with Crippen molar-refractivity contribution in [1.82, 2.24) is 20.3 Å². The molecule has 1 aliphatic carbocycles. The Balaban J connectivity index is 0.00000245. The Labute approximate surface area is 207 Å². The van der Waals surface area contributed by atoms with Gasteiger partial charge in [0.1, 0.15) is 11.5 Å². The first-order chi connectivity index (χ1) is 14.8. The second kappa shape index (κ2) is 8.79. The molecular weight excluding hydrogens is 450 g/mol. The van der Waals surface area contributed by atoms with Crippen LogP contribution in [0, 0.1) is 18.8 Å².